The highest BCUT2D eigenvalue weighted by atomic mass is 16.6. The van der Waals surface area contributed by atoms with Crippen LogP contribution in [-0.2, 0) is 28.7 Å². The summed E-state index contributed by atoms with van der Waals surface area (Å²) in [5, 5.41) is 64.5. The van der Waals surface area contributed by atoms with Crippen molar-refractivity contribution in [3.63, 3.8) is 0 Å². The Morgan fingerprint density at radius 1 is 1.20 bits per heavy atom. The molecule has 1 heterocycles. The summed E-state index contributed by atoms with van der Waals surface area (Å²) in [5.41, 5.74) is -3.39. The van der Waals surface area contributed by atoms with Crippen molar-refractivity contribution in [1.82, 2.24) is 0 Å². The van der Waals surface area contributed by atoms with Crippen LogP contribution in [0.4, 0.5) is 0 Å². The van der Waals surface area contributed by atoms with Crippen molar-refractivity contribution in [3.8, 4) is 0 Å². The van der Waals surface area contributed by atoms with Crippen LogP contribution in [0, 0.1) is 0 Å². The Morgan fingerprint density at radius 3 is 2.16 bits per heavy atom. The molecule has 0 saturated carbocycles. The molecule has 0 bridgehead atoms. The van der Waals surface area contributed by atoms with E-state index in [1.54, 1.807) is 0 Å². The van der Waals surface area contributed by atoms with Crippen molar-refractivity contribution < 1.29 is 64.4 Å². The number of carboxylic acids is 2. The minimum atomic E-state index is -3.39. The van der Waals surface area contributed by atoms with Gasteiger partial charge in [0.25, 0.3) is 0 Å². The molecule has 1 rings (SSSR count). The second-order valence-electron chi connectivity index (χ2n) is 4.96. The molecule has 0 amide bonds. The van der Waals surface area contributed by atoms with Crippen molar-refractivity contribution in [2.24, 2.45) is 0 Å². The van der Waals surface area contributed by atoms with E-state index in [-0.39, 0.29) is 0 Å². The summed E-state index contributed by atoms with van der Waals surface area (Å²) >= 11 is 0. The number of aliphatic carboxylic acids is 2. The Bertz CT molecular complexity index is 622. The maximum Gasteiger partial charge on any atom is 0.377 e. The summed E-state index contributed by atoms with van der Waals surface area (Å²) in [4.78, 5) is 44.0. The monoisotopic (exact) mass is 366 g/mol. The first-order valence-corrected chi connectivity index (χ1v) is 6.45. The Kier molecular flexibility index (Phi) is 5.91. The normalized spacial score (nSPS) is 21.9. The quantitative estimate of drug-likeness (QED) is 0.210. The lowest BCUT2D eigenvalue weighted by Crippen LogP contribution is -2.55. The van der Waals surface area contributed by atoms with Gasteiger partial charge in [-0.2, -0.15) is 0 Å². The molecular weight excluding hydrogens is 352 g/mol. The van der Waals surface area contributed by atoms with Gasteiger partial charge in [0.2, 0.25) is 11.4 Å². The third kappa shape index (κ3) is 4.14. The number of hydrogen-bond acceptors (Lipinski definition) is 11. The maximum absolute atomic E-state index is 11.6. The molecule has 0 saturated heterocycles. The zero-order valence-corrected chi connectivity index (χ0v) is 12.2. The minimum Gasteiger partial charge on any atom is -0.505 e. The SMILES string of the molecule is O=C(O)C[C@@](O)(C(=O)O)[C@H](O)C(=O)OC[C@H](O)[C@H]1OC(=O)C(O)=C1O. The lowest BCUT2D eigenvalue weighted by atomic mass is 9.93. The van der Waals surface area contributed by atoms with Crippen molar-refractivity contribution in [2.45, 2.75) is 30.3 Å². The fourth-order valence-electron chi connectivity index (χ4n) is 1.78. The average molecular weight is 366 g/mol. The third-order valence-electron chi connectivity index (χ3n) is 3.15. The van der Waals surface area contributed by atoms with E-state index in [0.29, 0.717) is 0 Å². The first-order chi connectivity index (χ1) is 11.4. The molecule has 0 unspecified atom stereocenters. The average Bonchev–Trinajstić information content (AvgIpc) is 2.78. The van der Waals surface area contributed by atoms with Gasteiger partial charge >= 0.3 is 23.9 Å². The lowest BCUT2D eigenvalue weighted by Gasteiger charge is -2.26. The predicted molar refractivity (Wildman–Crippen MR) is 70.0 cm³/mol. The van der Waals surface area contributed by atoms with Crippen LogP contribution >= 0.6 is 0 Å². The molecule has 0 fully saturated rings. The number of aliphatic hydroxyl groups is 5. The highest BCUT2D eigenvalue weighted by Gasteiger charge is 2.50. The van der Waals surface area contributed by atoms with E-state index in [1.165, 1.54) is 0 Å². The molecule has 0 aromatic rings. The maximum atomic E-state index is 11.6. The lowest BCUT2D eigenvalue weighted by molar-refractivity contribution is -0.192. The fraction of sp³-hybridized carbons (Fsp3) is 0.500. The minimum absolute atomic E-state index is 1.04. The van der Waals surface area contributed by atoms with Crippen molar-refractivity contribution >= 4 is 23.9 Å². The van der Waals surface area contributed by atoms with E-state index >= 15 is 0 Å². The Balaban J connectivity index is 2.74. The van der Waals surface area contributed by atoms with Crippen molar-refractivity contribution in [3.05, 3.63) is 11.5 Å². The fourth-order valence-corrected chi connectivity index (χ4v) is 1.78. The van der Waals surface area contributed by atoms with Gasteiger partial charge in [0.05, 0.1) is 6.42 Å². The summed E-state index contributed by atoms with van der Waals surface area (Å²) in [7, 11) is 0. The highest BCUT2D eigenvalue weighted by Crippen LogP contribution is 2.22. The number of hydrogen-bond donors (Lipinski definition) is 7. The van der Waals surface area contributed by atoms with Crippen molar-refractivity contribution in [2.75, 3.05) is 6.61 Å². The number of esters is 2. The van der Waals surface area contributed by atoms with Crippen LogP contribution in [0.15, 0.2) is 11.5 Å². The molecule has 1 aliphatic heterocycles. The van der Waals surface area contributed by atoms with Gasteiger partial charge in [-0.25, -0.2) is 14.4 Å². The molecule has 1 aliphatic rings. The molecular formula is C12H14O13. The molecule has 140 valence electrons. The van der Waals surface area contributed by atoms with Crippen LogP contribution in [0.5, 0.6) is 0 Å². The molecule has 13 nitrogen and oxygen atoms in total. The van der Waals surface area contributed by atoms with E-state index < -0.39 is 72.3 Å². The van der Waals surface area contributed by atoms with Crippen LogP contribution in [-0.4, -0.2) is 90.1 Å². The topological polar surface area (TPSA) is 228 Å². The summed E-state index contributed by atoms with van der Waals surface area (Å²) in [6.45, 7) is -1.06. The van der Waals surface area contributed by atoms with E-state index in [1.807, 2.05) is 0 Å². The largest absolute Gasteiger partial charge is 0.505 e. The molecule has 0 aromatic heterocycles. The molecule has 25 heavy (non-hydrogen) atoms. The summed E-state index contributed by atoms with van der Waals surface area (Å²) < 4.78 is 8.67. The van der Waals surface area contributed by atoms with Crippen LogP contribution < -0.4 is 0 Å². The van der Waals surface area contributed by atoms with Gasteiger partial charge in [-0.15, -0.1) is 0 Å². The van der Waals surface area contributed by atoms with Gasteiger partial charge in [-0.3, -0.25) is 4.79 Å². The number of rotatable bonds is 8. The van der Waals surface area contributed by atoms with E-state index in [9.17, 15) is 39.6 Å². The van der Waals surface area contributed by atoms with Gasteiger partial charge in [-0.05, 0) is 0 Å². The first-order valence-electron chi connectivity index (χ1n) is 6.45. The Labute approximate surface area is 137 Å². The molecule has 0 aromatic carbocycles. The first kappa shape index (κ1) is 20.1. The number of cyclic esters (lactones) is 1. The summed E-state index contributed by atoms with van der Waals surface area (Å²) in [5.74, 6) is -9.41. The molecule has 0 radical (unpaired) electrons. The number of carboxylic acid groups (broad SMARTS) is 2. The second-order valence-corrected chi connectivity index (χ2v) is 4.96. The molecule has 0 aliphatic carbocycles. The number of aliphatic hydroxyl groups excluding tert-OH is 4. The van der Waals surface area contributed by atoms with Gasteiger partial charge in [-0.1, -0.05) is 0 Å². The molecule has 13 heteroatoms. The molecule has 4 atom stereocenters. The van der Waals surface area contributed by atoms with Crippen molar-refractivity contribution in [1.29, 1.82) is 0 Å². The number of carbonyl (C=O) groups excluding carboxylic acids is 2. The summed E-state index contributed by atoms with van der Waals surface area (Å²) in [6, 6.07) is 0. The second kappa shape index (κ2) is 7.33. The Hall–Kier alpha value is -2.90. The molecule has 0 spiro atoms. The zero-order chi connectivity index (χ0) is 19.5. The van der Waals surface area contributed by atoms with E-state index in [2.05, 4.69) is 9.47 Å². The molecule has 7 N–H and O–H groups in total. The van der Waals surface area contributed by atoms with Crippen LogP contribution in [0.3, 0.4) is 0 Å². The van der Waals surface area contributed by atoms with Crippen LogP contribution in [0.1, 0.15) is 6.42 Å². The van der Waals surface area contributed by atoms with Gasteiger partial charge < -0.3 is 45.2 Å². The highest BCUT2D eigenvalue weighted by molar-refractivity contribution is 5.91. The van der Waals surface area contributed by atoms with Gasteiger partial charge in [0, 0.05) is 0 Å². The zero-order valence-electron chi connectivity index (χ0n) is 12.2. The van der Waals surface area contributed by atoms with Crippen LogP contribution in [0.25, 0.3) is 0 Å². The smallest absolute Gasteiger partial charge is 0.377 e. The number of ether oxygens (including phenoxy) is 2. The standard InChI is InChI=1S/C12H14O13/c13-3(7-5(16)6(17)9(19)25-7)2-24-10(20)8(18)12(23,11(21)22)1-4(14)15/h3,7-8,13,16-18,23H,1-2H2,(H,14,15)(H,21,22)/t3-,7+,8+,12-/m0/s1. The van der Waals surface area contributed by atoms with E-state index in [0.717, 1.165) is 0 Å². The third-order valence-corrected chi connectivity index (χ3v) is 3.15. The summed E-state index contributed by atoms with van der Waals surface area (Å²) in [6.07, 6.45) is -8.05. The number of carbonyl (C=O) groups is 4. The van der Waals surface area contributed by atoms with Gasteiger partial charge in [0.15, 0.2) is 18.0 Å². The van der Waals surface area contributed by atoms with Crippen LogP contribution in [0.2, 0.25) is 0 Å². The predicted octanol–water partition coefficient (Wildman–Crippen LogP) is -3.21. The van der Waals surface area contributed by atoms with E-state index in [4.69, 9.17) is 15.3 Å². The van der Waals surface area contributed by atoms with Gasteiger partial charge in [0.1, 0.15) is 12.7 Å². The Morgan fingerprint density at radius 2 is 1.76 bits per heavy atom.